The molecule has 1 aromatic heterocycles. The highest BCUT2D eigenvalue weighted by Crippen LogP contribution is 2.34. The van der Waals surface area contributed by atoms with Crippen LogP contribution in [0.2, 0.25) is 10.0 Å². The Hall–Kier alpha value is -0.950. The van der Waals surface area contributed by atoms with E-state index in [2.05, 4.69) is 21.0 Å². The molecule has 1 unspecified atom stereocenters. The number of carbonyl (C=O) groups excluding carboxylic acids is 1. The number of benzene rings is 1. The first-order valence-corrected chi connectivity index (χ1v) is 8.57. The first-order valence-electron chi connectivity index (χ1n) is 7.02. The molecule has 0 amide bonds. The molecule has 0 spiro atoms. The lowest BCUT2D eigenvalue weighted by molar-refractivity contribution is -0.0395. The third-order valence-corrected chi connectivity index (χ3v) is 5.05. The van der Waals surface area contributed by atoms with Gasteiger partial charge in [0.1, 0.15) is 6.23 Å². The van der Waals surface area contributed by atoms with Crippen LogP contribution in [0.3, 0.4) is 0 Å². The molecule has 0 bridgehead atoms. The molecule has 0 saturated carbocycles. The molecule has 1 atom stereocenters. The zero-order valence-electron chi connectivity index (χ0n) is 11.9. The minimum absolute atomic E-state index is 0.0406. The summed E-state index contributed by atoms with van der Waals surface area (Å²) in [5.74, 6) is -1.37. The summed E-state index contributed by atoms with van der Waals surface area (Å²) in [6.45, 7) is 0.667. The molecular formula is C15H12BrCl2FN2O2. The van der Waals surface area contributed by atoms with Crippen LogP contribution in [0, 0.1) is 5.82 Å². The summed E-state index contributed by atoms with van der Waals surface area (Å²) in [6.07, 6.45) is 5.67. The highest BCUT2D eigenvalue weighted by molar-refractivity contribution is 9.10. The minimum Gasteiger partial charge on any atom is -0.357 e. The number of ketones is 1. The van der Waals surface area contributed by atoms with Crippen molar-refractivity contribution in [3.05, 3.63) is 49.9 Å². The van der Waals surface area contributed by atoms with Crippen molar-refractivity contribution in [2.24, 2.45) is 0 Å². The smallest absolute Gasteiger partial charge is 0.200 e. The molecule has 1 fully saturated rings. The van der Waals surface area contributed by atoms with Gasteiger partial charge in [-0.1, -0.05) is 23.2 Å². The maximum Gasteiger partial charge on any atom is 0.200 e. The summed E-state index contributed by atoms with van der Waals surface area (Å²) in [7, 11) is 0. The molecule has 1 saturated heterocycles. The molecule has 122 valence electrons. The van der Waals surface area contributed by atoms with E-state index in [0.29, 0.717) is 6.61 Å². The Morgan fingerprint density at radius 2 is 2.22 bits per heavy atom. The number of carbonyl (C=O) groups is 1. The number of rotatable bonds is 3. The molecule has 8 heteroatoms. The van der Waals surface area contributed by atoms with Crippen molar-refractivity contribution in [2.45, 2.75) is 25.5 Å². The van der Waals surface area contributed by atoms with E-state index in [-0.39, 0.29) is 31.9 Å². The average Bonchev–Trinajstić information content (AvgIpc) is 3.03. The lowest BCUT2D eigenvalue weighted by Crippen LogP contribution is -2.18. The van der Waals surface area contributed by atoms with Gasteiger partial charge in [-0.15, -0.1) is 0 Å². The number of halogens is 4. The minimum atomic E-state index is -0.849. The predicted octanol–water partition coefficient (Wildman–Crippen LogP) is 5.02. The largest absolute Gasteiger partial charge is 0.357 e. The van der Waals surface area contributed by atoms with E-state index in [9.17, 15) is 9.18 Å². The van der Waals surface area contributed by atoms with Crippen LogP contribution in [0.4, 0.5) is 4.39 Å². The molecule has 1 aliphatic rings. The molecule has 2 aromatic rings. The third kappa shape index (κ3) is 3.31. The first-order chi connectivity index (χ1) is 11.0. The molecule has 4 nitrogen and oxygen atoms in total. The number of aromatic nitrogens is 2. The van der Waals surface area contributed by atoms with Gasteiger partial charge in [0.15, 0.2) is 11.6 Å². The molecule has 1 aliphatic heterocycles. The monoisotopic (exact) mass is 420 g/mol. The first kappa shape index (κ1) is 16.9. The standard InChI is InChI=1S/C15H12BrCl2FN2O2/c16-9-5-10(17)13(18)14(19)12(9)15(22)8-6-20-21(7-8)11-3-1-2-4-23-11/h5-7,11H,1-4H2. The molecule has 0 aliphatic carbocycles. The Morgan fingerprint density at radius 3 is 2.91 bits per heavy atom. The fourth-order valence-electron chi connectivity index (χ4n) is 2.46. The summed E-state index contributed by atoms with van der Waals surface area (Å²) >= 11 is 14.8. The Balaban J connectivity index is 1.92. The molecular weight excluding hydrogens is 410 g/mol. The summed E-state index contributed by atoms with van der Waals surface area (Å²) < 4.78 is 21.8. The van der Waals surface area contributed by atoms with Crippen molar-refractivity contribution >= 4 is 44.9 Å². The maximum absolute atomic E-state index is 14.3. The molecule has 0 radical (unpaired) electrons. The van der Waals surface area contributed by atoms with Crippen LogP contribution < -0.4 is 0 Å². The fourth-order valence-corrected chi connectivity index (χ4v) is 3.52. The molecule has 23 heavy (non-hydrogen) atoms. The van der Waals surface area contributed by atoms with Crippen LogP contribution in [-0.2, 0) is 4.74 Å². The van der Waals surface area contributed by atoms with E-state index in [1.165, 1.54) is 12.3 Å². The van der Waals surface area contributed by atoms with E-state index >= 15 is 0 Å². The van der Waals surface area contributed by atoms with E-state index in [0.717, 1.165) is 19.3 Å². The fraction of sp³-hybridized carbons (Fsp3) is 0.333. The Kier molecular flexibility index (Phi) is 5.06. The highest BCUT2D eigenvalue weighted by atomic mass is 79.9. The Morgan fingerprint density at radius 1 is 1.43 bits per heavy atom. The summed E-state index contributed by atoms with van der Waals surface area (Å²) in [5, 5.41) is 3.92. The zero-order valence-corrected chi connectivity index (χ0v) is 15.0. The van der Waals surface area contributed by atoms with Crippen LogP contribution in [0.1, 0.15) is 41.4 Å². The summed E-state index contributed by atoms with van der Waals surface area (Å²) in [6, 6.07) is 1.40. The van der Waals surface area contributed by atoms with Gasteiger partial charge in [-0.3, -0.25) is 4.79 Å². The summed E-state index contributed by atoms with van der Waals surface area (Å²) in [4.78, 5) is 12.6. The van der Waals surface area contributed by atoms with Crippen LogP contribution in [0.5, 0.6) is 0 Å². The number of nitrogens with zero attached hydrogens (tertiary/aromatic N) is 2. The highest BCUT2D eigenvalue weighted by Gasteiger charge is 2.24. The average molecular weight is 422 g/mol. The van der Waals surface area contributed by atoms with Gasteiger partial charge >= 0.3 is 0 Å². The lowest BCUT2D eigenvalue weighted by atomic mass is 10.1. The number of hydrogen-bond donors (Lipinski definition) is 0. The topological polar surface area (TPSA) is 44.1 Å². The van der Waals surface area contributed by atoms with E-state index in [1.807, 2.05) is 0 Å². The SMILES string of the molecule is O=C(c1cnn(C2CCCCO2)c1)c1c(Br)cc(Cl)c(Cl)c1F. The van der Waals surface area contributed by atoms with Crippen LogP contribution >= 0.6 is 39.1 Å². The van der Waals surface area contributed by atoms with Gasteiger partial charge in [0.25, 0.3) is 0 Å². The predicted molar refractivity (Wildman–Crippen MR) is 88.6 cm³/mol. The van der Waals surface area contributed by atoms with Gasteiger partial charge in [-0.25, -0.2) is 9.07 Å². The van der Waals surface area contributed by atoms with Crippen molar-refractivity contribution in [1.82, 2.24) is 9.78 Å². The third-order valence-electron chi connectivity index (χ3n) is 3.66. The van der Waals surface area contributed by atoms with Crippen LogP contribution in [0.15, 0.2) is 22.9 Å². The van der Waals surface area contributed by atoms with Gasteiger partial charge in [0.05, 0.1) is 27.4 Å². The second kappa shape index (κ2) is 6.89. The van der Waals surface area contributed by atoms with E-state index in [4.69, 9.17) is 27.9 Å². The normalized spacial score (nSPS) is 18.2. The van der Waals surface area contributed by atoms with Crippen molar-refractivity contribution in [2.75, 3.05) is 6.61 Å². The van der Waals surface area contributed by atoms with Gasteiger partial charge in [0, 0.05) is 17.3 Å². The van der Waals surface area contributed by atoms with Gasteiger partial charge < -0.3 is 4.74 Å². The maximum atomic E-state index is 14.3. The Labute approximate surface area is 150 Å². The number of ether oxygens (including phenoxy) is 1. The van der Waals surface area contributed by atoms with Gasteiger partial charge in [-0.2, -0.15) is 5.10 Å². The molecule has 0 N–H and O–H groups in total. The van der Waals surface area contributed by atoms with Gasteiger partial charge in [0.2, 0.25) is 0 Å². The van der Waals surface area contributed by atoms with E-state index < -0.39 is 11.6 Å². The Bertz CT molecular complexity index is 760. The molecule has 3 rings (SSSR count). The van der Waals surface area contributed by atoms with Crippen LogP contribution in [-0.4, -0.2) is 22.2 Å². The second-order valence-corrected chi connectivity index (χ2v) is 6.84. The zero-order chi connectivity index (χ0) is 16.6. The van der Waals surface area contributed by atoms with Crippen molar-refractivity contribution in [3.8, 4) is 0 Å². The lowest BCUT2D eigenvalue weighted by Gasteiger charge is -2.22. The van der Waals surface area contributed by atoms with Gasteiger partial charge in [-0.05, 0) is 41.3 Å². The molecule has 1 aromatic carbocycles. The quantitative estimate of drug-likeness (QED) is 0.397. The van der Waals surface area contributed by atoms with Crippen molar-refractivity contribution < 1.29 is 13.9 Å². The van der Waals surface area contributed by atoms with Crippen LogP contribution in [0.25, 0.3) is 0 Å². The van der Waals surface area contributed by atoms with Crippen molar-refractivity contribution in [3.63, 3.8) is 0 Å². The summed E-state index contributed by atoms with van der Waals surface area (Å²) in [5.41, 5.74) is 0.0978. The second-order valence-electron chi connectivity index (χ2n) is 5.20. The number of hydrogen-bond acceptors (Lipinski definition) is 3. The van der Waals surface area contributed by atoms with Crippen molar-refractivity contribution in [1.29, 1.82) is 0 Å². The van der Waals surface area contributed by atoms with E-state index in [1.54, 1.807) is 10.9 Å². The molecule has 2 heterocycles.